The Bertz CT molecular complexity index is 642. The number of hydrogen-bond donors (Lipinski definition) is 2. The topological polar surface area (TPSA) is 99.1 Å². The normalized spacial score (nSPS) is 15.7. The number of benzene rings is 1. The van der Waals surface area contributed by atoms with Crippen molar-refractivity contribution < 1.29 is 18.3 Å². The number of aryl methyl sites for hydroxylation is 1. The number of rotatable bonds is 3. The van der Waals surface area contributed by atoms with Crippen LogP contribution in [0.15, 0.2) is 34.3 Å². The number of carbonyl (C=O) groups is 1. The number of piperidine rings is 1. The molecule has 0 saturated carbocycles. The number of carboxylic acid groups (broad SMARTS) is 1. The van der Waals surface area contributed by atoms with Gasteiger partial charge < -0.3 is 10.0 Å². The van der Waals surface area contributed by atoms with Crippen molar-refractivity contribution in [3.63, 3.8) is 0 Å². The molecule has 0 unspecified atom stereocenters. The predicted molar refractivity (Wildman–Crippen MR) is 77.8 cm³/mol. The maximum Gasteiger partial charge on any atom is 0.407 e. The zero-order valence-corrected chi connectivity index (χ0v) is 12.4. The van der Waals surface area contributed by atoms with Gasteiger partial charge >= 0.3 is 6.09 Å². The monoisotopic (exact) mass is 311 g/mol. The number of amides is 1. The largest absolute Gasteiger partial charge is 0.465 e. The Kier molecular flexibility index (Phi) is 4.46. The van der Waals surface area contributed by atoms with E-state index < -0.39 is 16.1 Å². The predicted octanol–water partition coefficient (Wildman–Crippen LogP) is 1.40. The van der Waals surface area contributed by atoms with Gasteiger partial charge in [0.25, 0.3) is 10.0 Å². The Balaban J connectivity index is 2.00. The van der Waals surface area contributed by atoms with Crippen molar-refractivity contribution in [2.75, 3.05) is 13.1 Å². The second kappa shape index (κ2) is 6.13. The Labute approximate surface area is 123 Å². The summed E-state index contributed by atoms with van der Waals surface area (Å²) in [5.74, 6) is 0. The molecular weight excluding hydrogens is 294 g/mol. The zero-order valence-electron chi connectivity index (χ0n) is 11.6. The van der Waals surface area contributed by atoms with Gasteiger partial charge in [-0.15, -0.1) is 0 Å². The van der Waals surface area contributed by atoms with Crippen LogP contribution in [0.3, 0.4) is 0 Å². The number of hydrogen-bond acceptors (Lipinski definition) is 4. The number of hydrazone groups is 1. The molecule has 0 bridgehead atoms. The molecule has 0 spiro atoms. The van der Waals surface area contributed by atoms with Crippen LogP contribution in [-0.2, 0) is 10.0 Å². The van der Waals surface area contributed by atoms with Crippen LogP contribution in [-0.4, -0.2) is 43.3 Å². The third kappa shape index (κ3) is 3.94. The molecule has 21 heavy (non-hydrogen) atoms. The van der Waals surface area contributed by atoms with E-state index in [-0.39, 0.29) is 4.90 Å². The molecule has 1 aliphatic heterocycles. The fraction of sp³-hybridized carbons (Fsp3) is 0.385. The molecule has 1 aromatic carbocycles. The van der Waals surface area contributed by atoms with E-state index in [9.17, 15) is 13.2 Å². The molecule has 1 fully saturated rings. The maximum atomic E-state index is 12.0. The second-order valence-corrected chi connectivity index (χ2v) is 6.52. The molecule has 0 aliphatic carbocycles. The van der Waals surface area contributed by atoms with E-state index in [2.05, 4.69) is 9.93 Å². The van der Waals surface area contributed by atoms with Gasteiger partial charge in [0, 0.05) is 31.6 Å². The van der Waals surface area contributed by atoms with Gasteiger partial charge in [0.05, 0.1) is 4.90 Å². The summed E-state index contributed by atoms with van der Waals surface area (Å²) in [5, 5.41) is 12.7. The summed E-state index contributed by atoms with van der Waals surface area (Å²) in [7, 11) is -3.67. The molecular formula is C13H17N3O4S. The lowest BCUT2D eigenvalue weighted by atomic mass is 10.1. The van der Waals surface area contributed by atoms with Crippen molar-refractivity contribution in [1.29, 1.82) is 0 Å². The van der Waals surface area contributed by atoms with Gasteiger partial charge in [-0.05, 0) is 19.1 Å². The van der Waals surface area contributed by atoms with Crippen molar-refractivity contribution >= 4 is 21.8 Å². The maximum absolute atomic E-state index is 12.0. The van der Waals surface area contributed by atoms with E-state index in [1.165, 1.54) is 17.0 Å². The molecule has 0 atom stereocenters. The third-order valence-electron chi connectivity index (χ3n) is 3.27. The van der Waals surface area contributed by atoms with Crippen LogP contribution >= 0.6 is 0 Å². The molecule has 1 amide bonds. The van der Waals surface area contributed by atoms with Crippen LogP contribution in [0.25, 0.3) is 0 Å². The van der Waals surface area contributed by atoms with Gasteiger partial charge in [0.2, 0.25) is 0 Å². The van der Waals surface area contributed by atoms with E-state index in [4.69, 9.17) is 5.11 Å². The lowest BCUT2D eigenvalue weighted by Crippen LogP contribution is -2.38. The third-order valence-corrected chi connectivity index (χ3v) is 4.49. The number of nitrogens with one attached hydrogen (secondary N) is 1. The van der Waals surface area contributed by atoms with Crippen molar-refractivity contribution in [1.82, 2.24) is 9.73 Å². The van der Waals surface area contributed by atoms with Crippen LogP contribution in [0.4, 0.5) is 4.79 Å². The summed E-state index contributed by atoms with van der Waals surface area (Å²) < 4.78 is 24.1. The van der Waals surface area contributed by atoms with Gasteiger partial charge in [0.1, 0.15) is 0 Å². The second-order valence-electron chi connectivity index (χ2n) is 4.86. The molecule has 7 nitrogen and oxygen atoms in total. The molecule has 1 aromatic rings. The Morgan fingerprint density at radius 2 is 1.81 bits per heavy atom. The SMILES string of the molecule is Cc1ccc(S(=O)(=O)NN=C2CCN(C(=O)O)CC2)cc1. The minimum Gasteiger partial charge on any atom is -0.465 e. The lowest BCUT2D eigenvalue weighted by molar-refractivity contribution is 0.145. The Hall–Kier alpha value is -2.09. The summed E-state index contributed by atoms with van der Waals surface area (Å²) in [6, 6.07) is 6.47. The number of likely N-dealkylation sites (tertiary alicyclic amines) is 1. The van der Waals surface area contributed by atoms with Gasteiger partial charge in [-0.3, -0.25) is 0 Å². The highest BCUT2D eigenvalue weighted by Gasteiger charge is 2.20. The van der Waals surface area contributed by atoms with Crippen molar-refractivity contribution in [2.45, 2.75) is 24.7 Å². The van der Waals surface area contributed by atoms with Crippen molar-refractivity contribution in [3.05, 3.63) is 29.8 Å². The highest BCUT2D eigenvalue weighted by atomic mass is 32.2. The van der Waals surface area contributed by atoms with E-state index in [0.29, 0.717) is 31.6 Å². The average Bonchev–Trinajstić information content (AvgIpc) is 2.46. The first kappa shape index (κ1) is 15.3. The number of sulfonamides is 1. The first-order chi connectivity index (χ1) is 9.88. The Morgan fingerprint density at radius 1 is 1.24 bits per heavy atom. The molecule has 2 rings (SSSR count). The molecule has 2 N–H and O–H groups in total. The fourth-order valence-electron chi connectivity index (χ4n) is 1.96. The molecule has 8 heteroatoms. The van der Waals surface area contributed by atoms with Gasteiger partial charge in [0.15, 0.2) is 0 Å². The van der Waals surface area contributed by atoms with Gasteiger partial charge in [-0.1, -0.05) is 17.7 Å². The first-order valence-corrected chi connectivity index (χ1v) is 7.98. The van der Waals surface area contributed by atoms with Crippen LogP contribution in [0, 0.1) is 6.92 Å². The number of nitrogens with zero attached hydrogens (tertiary/aromatic N) is 2. The van der Waals surface area contributed by atoms with Crippen molar-refractivity contribution in [2.24, 2.45) is 5.10 Å². The minimum atomic E-state index is -3.67. The standard InChI is InChI=1S/C13H17N3O4S/c1-10-2-4-12(5-3-10)21(19,20)15-14-11-6-8-16(9-7-11)13(17)18/h2-5,15H,6-9H2,1H3,(H,17,18). The van der Waals surface area contributed by atoms with Crippen LogP contribution < -0.4 is 4.83 Å². The average molecular weight is 311 g/mol. The van der Waals surface area contributed by atoms with E-state index in [1.54, 1.807) is 12.1 Å². The lowest BCUT2D eigenvalue weighted by Gasteiger charge is -2.24. The molecule has 1 heterocycles. The van der Waals surface area contributed by atoms with E-state index in [1.807, 2.05) is 6.92 Å². The Morgan fingerprint density at radius 3 is 2.33 bits per heavy atom. The highest BCUT2D eigenvalue weighted by molar-refractivity contribution is 7.89. The molecule has 114 valence electrons. The smallest absolute Gasteiger partial charge is 0.407 e. The van der Waals surface area contributed by atoms with Crippen LogP contribution in [0.2, 0.25) is 0 Å². The van der Waals surface area contributed by atoms with E-state index >= 15 is 0 Å². The summed E-state index contributed by atoms with van der Waals surface area (Å²) >= 11 is 0. The summed E-state index contributed by atoms with van der Waals surface area (Å²) in [4.78, 5) is 14.4. The molecule has 1 aliphatic rings. The highest BCUT2D eigenvalue weighted by Crippen LogP contribution is 2.11. The summed E-state index contributed by atoms with van der Waals surface area (Å²) in [5.41, 5.74) is 1.63. The van der Waals surface area contributed by atoms with Gasteiger partial charge in [-0.2, -0.15) is 13.5 Å². The summed E-state index contributed by atoms with van der Waals surface area (Å²) in [6.07, 6.45) is -0.0971. The molecule has 1 saturated heterocycles. The summed E-state index contributed by atoms with van der Waals surface area (Å²) in [6.45, 7) is 2.54. The molecule has 0 aromatic heterocycles. The van der Waals surface area contributed by atoms with E-state index in [0.717, 1.165) is 5.56 Å². The molecule has 0 radical (unpaired) electrons. The van der Waals surface area contributed by atoms with Crippen LogP contribution in [0.5, 0.6) is 0 Å². The quantitative estimate of drug-likeness (QED) is 0.824. The van der Waals surface area contributed by atoms with Gasteiger partial charge in [-0.25, -0.2) is 9.63 Å². The zero-order chi connectivity index (χ0) is 15.5. The fourth-order valence-corrected chi connectivity index (χ4v) is 2.81. The minimum absolute atomic E-state index is 0.153. The van der Waals surface area contributed by atoms with Crippen molar-refractivity contribution in [3.8, 4) is 0 Å². The first-order valence-electron chi connectivity index (χ1n) is 6.50. The van der Waals surface area contributed by atoms with Crippen LogP contribution in [0.1, 0.15) is 18.4 Å².